The Labute approximate surface area is 241 Å². The third kappa shape index (κ3) is 7.35. The third-order valence-electron chi connectivity index (χ3n) is 6.33. The van der Waals surface area contributed by atoms with Crippen LogP contribution in [0, 0.1) is 5.82 Å². The molecule has 4 rings (SSSR count). The molecule has 0 spiro atoms. The van der Waals surface area contributed by atoms with E-state index in [0.29, 0.717) is 35.9 Å². The predicted molar refractivity (Wildman–Crippen MR) is 149 cm³/mol. The Hall–Kier alpha value is -4.65. The molecule has 0 fully saturated rings. The van der Waals surface area contributed by atoms with Gasteiger partial charge in [0.05, 0.1) is 18.2 Å². The molecule has 0 bridgehead atoms. The van der Waals surface area contributed by atoms with Crippen LogP contribution in [0.3, 0.4) is 0 Å². The molecule has 0 saturated heterocycles. The summed E-state index contributed by atoms with van der Waals surface area (Å²) in [5, 5.41) is 10.6. The van der Waals surface area contributed by atoms with Crippen molar-refractivity contribution in [2.24, 2.45) is 5.73 Å². The molecule has 0 aliphatic rings. The number of aromatic nitrogens is 4. The molecule has 0 aliphatic carbocycles. The van der Waals surface area contributed by atoms with E-state index in [1.807, 2.05) is 32.9 Å². The molecule has 12 nitrogen and oxygen atoms in total. The zero-order valence-electron chi connectivity index (χ0n) is 23.8. The summed E-state index contributed by atoms with van der Waals surface area (Å²) in [4.78, 5) is 32.7. The largest absolute Gasteiger partial charge is 0.481 e. The van der Waals surface area contributed by atoms with E-state index in [0.717, 1.165) is 11.6 Å². The normalized spacial score (nSPS) is 12.6. The van der Waals surface area contributed by atoms with Crippen LogP contribution in [-0.4, -0.2) is 51.4 Å². The van der Waals surface area contributed by atoms with Gasteiger partial charge in [0.15, 0.2) is 6.10 Å². The number of hydrogen-bond donors (Lipinski definition) is 2. The van der Waals surface area contributed by atoms with Gasteiger partial charge in [-0.1, -0.05) is 44.1 Å². The monoisotopic (exact) mass is 580 g/mol. The molecule has 2 atom stereocenters. The molecule has 2 heterocycles. The average Bonchev–Trinajstić information content (AvgIpc) is 3.69. The molecule has 2 aromatic carbocycles. The van der Waals surface area contributed by atoms with Crippen LogP contribution in [-0.2, 0) is 9.53 Å². The van der Waals surface area contributed by atoms with Crippen molar-refractivity contribution >= 4 is 11.9 Å². The fraction of sp³-hybridized carbons (Fsp3) is 0.379. The van der Waals surface area contributed by atoms with Gasteiger partial charge >= 0.3 is 5.97 Å². The van der Waals surface area contributed by atoms with Crippen LogP contribution in [0.1, 0.15) is 74.7 Å². The number of benzene rings is 2. The quantitative estimate of drug-likeness (QED) is 0.212. The summed E-state index contributed by atoms with van der Waals surface area (Å²) < 4.78 is 36.7. The first-order valence-electron chi connectivity index (χ1n) is 13.6. The van der Waals surface area contributed by atoms with Crippen molar-refractivity contribution in [2.45, 2.75) is 58.6 Å². The maximum Gasteiger partial charge on any atom is 0.319 e. The molecule has 0 radical (unpaired) electrons. The van der Waals surface area contributed by atoms with Gasteiger partial charge in [-0.05, 0) is 49.2 Å². The van der Waals surface area contributed by atoms with Crippen molar-refractivity contribution in [3.05, 3.63) is 65.6 Å². The topological polar surface area (TPSA) is 168 Å². The van der Waals surface area contributed by atoms with Gasteiger partial charge in [-0.2, -0.15) is 9.97 Å². The molecular formula is C29H33FN6O6. The maximum atomic E-state index is 14.9. The van der Waals surface area contributed by atoms with Crippen molar-refractivity contribution in [3.8, 4) is 28.5 Å². The fourth-order valence-corrected chi connectivity index (χ4v) is 3.84. The number of nitrogens with zero attached hydrogens (tertiary/aromatic N) is 4. The van der Waals surface area contributed by atoms with Crippen LogP contribution in [0.4, 0.5) is 4.39 Å². The highest BCUT2D eigenvalue weighted by Crippen LogP contribution is 2.28. The number of rotatable bonds is 13. The summed E-state index contributed by atoms with van der Waals surface area (Å²) in [5.41, 5.74) is 6.15. The number of hydrogen-bond acceptors (Lipinski definition) is 11. The zero-order chi connectivity index (χ0) is 30.2. The number of esters is 1. The Morgan fingerprint density at radius 3 is 2.19 bits per heavy atom. The van der Waals surface area contributed by atoms with E-state index in [-0.39, 0.29) is 36.3 Å². The van der Waals surface area contributed by atoms with E-state index < -0.39 is 29.8 Å². The van der Waals surface area contributed by atoms with Crippen LogP contribution in [0.2, 0.25) is 0 Å². The van der Waals surface area contributed by atoms with Crippen LogP contribution >= 0.6 is 0 Å². The number of ether oxygens (including phenoxy) is 2. The van der Waals surface area contributed by atoms with Gasteiger partial charge in [0.25, 0.3) is 11.8 Å². The second-order valence-electron chi connectivity index (χ2n) is 9.77. The minimum absolute atomic E-state index is 0.0631. The molecule has 0 aliphatic heterocycles. The number of nitrogens with two attached hydrogens (primary N) is 1. The smallest absolute Gasteiger partial charge is 0.319 e. The lowest BCUT2D eigenvalue weighted by molar-refractivity contribution is -0.142. The average molecular weight is 581 g/mol. The molecule has 1 unspecified atom stereocenters. The minimum Gasteiger partial charge on any atom is -0.481 e. The molecule has 42 heavy (non-hydrogen) atoms. The predicted octanol–water partition coefficient (Wildman–Crippen LogP) is 4.59. The van der Waals surface area contributed by atoms with E-state index in [4.69, 9.17) is 24.3 Å². The summed E-state index contributed by atoms with van der Waals surface area (Å²) in [6.07, 6.45) is 0.445. The number of carbonyl (C=O) groups is 2. The SMILES string of the molecule is CCC(Oc1ccc(-c2noc(C(C)C)n2)cc1)c1nc(-c2ccc(C(=O)N[C@@H](CC)COC(=O)CN)c(F)c2)no1. The van der Waals surface area contributed by atoms with Crippen LogP contribution in [0.15, 0.2) is 51.5 Å². The number of nitrogens with one attached hydrogen (secondary N) is 1. The van der Waals surface area contributed by atoms with E-state index in [2.05, 4.69) is 25.6 Å². The van der Waals surface area contributed by atoms with Crippen LogP contribution in [0.5, 0.6) is 5.75 Å². The van der Waals surface area contributed by atoms with E-state index in [9.17, 15) is 14.0 Å². The van der Waals surface area contributed by atoms with Gasteiger partial charge in [-0.25, -0.2) is 4.39 Å². The van der Waals surface area contributed by atoms with Crippen molar-refractivity contribution in [3.63, 3.8) is 0 Å². The fourth-order valence-electron chi connectivity index (χ4n) is 3.84. The maximum absolute atomic E-state index is 14.9. The molecule has 222 valence electrons. The van der Waals surface area contributed by atoms with Gasteiger partial charge in [-0.3, -0.25) is 9.59 Å². The summed E-state index contributed by atoms with van der Waals surface area (Å²) in [7, 11) is 0. The first-order valence-corrected chi connectivity index (χ1v) is 13.6. The second kappa shape index (κ2) is 13.8. The van der Waals surface area contributed by atoms with Crippen LogP contribution in [0.25, 0.3) is 22.8 Å². The highest BCUT2D eigenvalue weighted by molar-refractivity contribution is 5.95. The highest BCUT2D eigenvalue weighted by Gasteiger charge is 2.22. The summed E-state index contributed by atoms with van der Waals surface area (Å²) >= 11 is 0. The summed E-state index contributed by atoms with van der Waals surface area (Å²) in [6, 6.07) is 10.7. The zero-order valence-corrected chi connectivity index (χ0v) is 23.8. The van der Waals surface area contributed by atoms with Crippen molar-refractivity contribution in [1.29, 1.82) is 0 Å². The Bertz CT molecular complexity index is 1500. The van der Waals surface area contributed by atoms with E-state index >= 15 is 0 Å². The van der Waals surface area contributed by atoms with Crippen molar-refractivity contribution in [2.75, 3.05) is 13.2 Å². The van der Waals surface area contributed by atoms with Crippen molar-refractivity contribution < 1.29 is 32.5 Å². The van der Waals surface area contributed by atoms with E-state index in [1.165, 1.54) is 12.1 Å². The lowest BCUT2D eigenvalue weighted by atomic mass is 10.1. The second-order valence-corrected chi connectivity index (χ2v) is 9.77. The van der Waals surface area contributed by atoms with Crippen molar-refractivity contribution in [1.82, 2.24) is 25.6 Å². The van der Waals surface area contributed by atoms with E-state index in [1.54, 1.807) is 19.1 Å². The Kier molecular flexibility index (Phi) is 9.97. The highest BCUT2D eigenvalue weighted by atomic mass is 19.1. The number of carbonyl (C=O) groups excluding carboxylic acids is 2. The first kappa shape index (κ1) is 30.3. The standard InChI is InChI=1S/C29H33FN6O6/c1-5-19(15-39-24(37)14-31)32-27(38)21-12-9-18(13-22(21)30)26-34-29(42-36-26)23(6-2)40-20-10-7-17(8-11-20)25-33-28(16(3)4)41-35-25/h7-13,16,19,23H,5-6,14-15,31H2,1-4H3,(H,32,38)/t19-,23?/m0/s1. The lowest BCUT2D eigenvalue weighted by Gasteiger charge is -2.17. The summed E-state index contributed by atoms with van der Waals surface area (Å²) in [6.45, 7) is 7.33. The molecule has 0 saturated carbocycles. The van der Waals surface area contributed by atoms with Gasteiger partial charge in [0.2, 0.25) is 17.5 Å². The molecular weight excluding hydrogens is 547 g/mol. The Balaban J connectivity index is 1.41. The molecule has 4 aromatic rings. The Morgan fingerprint density at radius 2 is 1.60 bits per heavy atom. The Morgan fingerprint density at radius 1 is 0.952 bits per heavy atom. The minimum atomic E-state index is -0.768. The van der Waals surface area contributed by atoms with Gasteiger partial charge in [0.1, 0.15) is 18.2 Å². The van der Waals surface area contributed by atoms with Gasteiger partial charge < -0.3 is 29.6 Å². The molecule has 3 N–H and O–H groups in total. The third-order valence-corrected chi connectivity index (χ3v) is 6.33. The number of amides is 1. The van der Waals surface area contributed by atoms with Gasteiger partial charge in [0, 0.05) is 17.0 Å². The molecule has 13 heteroatoms. The summed E-state index contributed by atoms with van der Waals surface area (Å²) in [5.74, 6) is 0.121. The lowest BCUT2D eigenvalue weighted by Crippen LogP contribution is -2.39. The molecule has 2 aromatic heterocycles. The molecule has 1 amide bonds. The van der Waals surface area contributed by atoms with Crippen LogP contribution < -0.4 is 15.8 Å². The van der Waals surface area contributed by atoms with Gasteiger partial charge in [-0.15, -0.1) is 0 Å². The number of halogens is 1. The first-order chi connectivity index (χ1) is 20.2.